The summed E-state index contributed by atoms with van der Waals surface area (Å²) in [6.07, 6.45) is -2.03. The van der Waals surface area contributed by atoms with Crippen LogP contribution in [-0.2, 0) is 11.0 Å². The summed E-state index contributed by atoms with van der Waals surface area (Å²) in [5.41, 5.74) is -2.32. The molecule has 2 amide bonds. The minimum Gasteiger partial charge on any atom is -0.352 e. The Bertz CT molecular complexity index is 1200. The molecule has 2 aromatic rings. The van der Waals surface area contributed by atoms with Crippen LogP contribution in [0.25, 0.3) is 0 Å². The average Bonchev–Trinajstić information content (AvgIpc) is 2.95. The van der Waals surface area contributed by atoms with Gasteiger partial charge in [0.25, 0.3) is 5.91 Å². The molecule has 1 aliphatic heterocycles. The normalized spacial score (nSPS) is 14.5. The Kier molecular flexibility index (Phi) is 8.01. The third-order valence-electron chi connectivity index (χ3n) is 5.31. The molecule has 1 aromatic heterocycles. The van der Waals surface area contributed by atoms with Gasteiger partial charge in [0.2, 0.25) is 5.91 Å². The van der Waals surface area contributed by atoms with Crippen molar-refractivity contribution in [3.8, 4) is 6.07 Å². The number of amides is 2. The molecule has 0 atom stereocenters. The highest BCUT2D eigenvalue weighted by Gasteiger charge is 2.37. The maximum absolute atomic E-state index is 14.8. The number of aromatic nitrogens is 1. The van der Waals surface area contributed by atoms with Crippen LogP contribution in [0.5, 0.6) is 0 Å². The SMILES string of the molecule is CCCCNC(=O)c1ccc(N2CCCC(=O)N(c3cnc(C#N)c(C(F)(F)F)c3)C2=S)cc1F. The zero-order chi connectivity index (χ0) is 25.8. The summed E-state index contributed by atoms with van der Waals surface area (Å²) >= 11 is 5.43. The van der Waals surface area contributed by atoms with Crippen LogP contribution in [0.15, 0.2) is 30.5 Å². The van der Waals surface area contributed by atoms with Gasteiger partial charge in [0.15, 0.2) is 10.8 Å². The number of nitrogens with one attached hydrogen (secondary N) is 1. The predicted octanol–water partition coefficient (Wildman–Crippen LogP) is 4.56. The monoisotopic (exact) mass is 507 g/mol. The number of carbonyl (C=O) groups is 2. The number of benzene rings is 1. The van der Waals surface area contributed by atoms with Crippen LogP contribution >= 0.6 is 12.2 Å². The van der Waals surface area contributed by atoms with Crippen LogP contribution in [0.4, 0.5) is 28.9 Å². The molecule has 12 heteroatoms. The van der Waals surface area contributed by atoms with Gasteiger partial charge in [0.1, 0.15) is 11.9 Å². The number of thiocarbonyl (C=S) groups is 1. The Morgan fingerprint density at radius 1 is 1.29 bits per heavy atom. The van der Waals surface area contributed by atoms with Gasteiger partial charge in [-0.05, 0) is 49.3 Å². The lowest BCUT2D eigenvalue weighted by molar-refractivity contribution is -0.138. The van der Waals surface area contributed by atoms with Crippen molar-refractivity contribution in [2.75, 3.05) is 22.9 Å². The number of nitriles is 1. The molecule has 0 aliphatic carbocycles. The van der Waals surface area contributed by atoms with Crippen LogP contribution in [0.3, 0.4) is 0 Å². The van der Waals surface area contributed by atoms with Gasteiger partial charge < -0.3 is 10.2 Å². The van der Waals surface area contributed by atoms with Crippen LogP contribution in [0.1, 0.15) is 54.2 Å². The van der Waals surface area contributed by atoms with E-state index in [-0.39, 0.29) is 35.0 Å². The number of hydrogen-bond donors (Lipinski definition) is 1. The Hall–Kier alpha value is -3.59. The third-order valence-corrected chi connectivity index (χ3v) is 5.71. The van der Waals surface area contributed by atoms with Gasteiger partial charge in [0, 0.05) is 25.2 Å². The van der Waals surface area contributed by atoms with E-state index < -0.39 is 35.1 Å². The number of alkyl halides is 3. The fourth-order valence-electron chi connectivity index (χ4n) is 3.53. The largest absolute Gasteiger partial charge is 0.419 e. The standard InChI is InChI=1S/C23H21F4N5O2S/c1-2-3-8-29-21(34)16-7-6-14(11-18(16)24)31-9-4-5-20(33)32(22(31)35)15-10-17(23(25,26)27)19(12-28)30-13-15/h6-7,10-11,13H,2-5,8-9H2,1H3,(H,29,34). The topological polar surface area (TPSA) is 89.3 Å². The summed E-state index contributed by atoms with van der Waals surface area (Å²) in [5.74, 6) is -1.94. The van der Waals surface area contributed by atoms with Gasteiger partial charge in [-0.25, -0.2) is 9.37 Å². The van der Waals surface area contributed by atoms with E-state index in [1.54, 1.807) is 0 Å². The quantitative estimate of drug-likeness (QED) is 0.350. The summed E-state index contributed by atoms with van der Waals surface area (Å²) < 4.78 is 55.1. The molecular weight excluding hydrogens is 486 g/mol. The van der Waals surface area contributed by atoms with Crippen molar-refractivity contribution in [2.24, 2.45) is 0 Å². The molecule has 35 heavy (non-hydrogen) atoms. The number of pyridine rings is 1. The van der Waals surface area contributed by atoms with E-state index in [4.69, 9.17) is 17.5 Å². The lowest BCUT2D eigenvalue weighted by Gasteiger charge is -2.30. The fourth-order valence-corrected chi connectivity index (χ4v) is 3.93. The maximum atomic E-state index is 14.8. The Balaban J connectivity index is 1.95. The summed E-state index contributed by atoms with van der Waals surface area (Å²) in [4.78, 5) is 30.9. The van der Waals surface area contributed by atoms with E-state index in [0.717, 1.165) is 30.0 Å². The molecule has 1 aliphatic rings. The second-order valence-electron chi connectivity index (χ2n) is 7.74. The molecule has 0 saturated carbocycles. The molecule has 1 saturated heterocycles. The molecule has 7 nitrogen and oxygen atoms in total. The predicted molar refractivity (Wildman–Crippen MR) is 124 cm³/mol. The average molecular weight is 508 g/mol. The van der Waals surface area contributed by atoms with Gasteiger partial charge in [-0.3, -0.25) is 14.5 Å². The van der Waals surface area contributed by atoms with E-state index >= 15 is 0 Å². The molecular formula is C23H21F4N5O2S. The number of nitrogens with zero attached hydrogens (tertiary/aromatic N) is 4. The molecule has 0 unspecified atom stereocenters. The summed E-state index contributed by atoms with van der Waals surface area (Å²) in [5, 5.41) is 11.4. The molecule has 2 heterocycles. The van der Waals surface area contributed by atoms with Crippen LogP contribution in [-0.4, -0.2) is 35.0 Å². The van der Waals surface area contributed by atoms with Gasteiger partial charge in [-0.2, -0.15) is 18.4 Å². The highest BCUT2D eigenvalue weighted by atomic mass is 32.1. The van der Waals surface area contributed by atoms with E-state index in [1.807, 2.05) is 6.92 Å². The van der Waals surface area contributed by atoms with Crippen molar-refractivity contribution < 1.29 is 27.2 Å². The van der Waals surface area contributed by atoms with Crippen molar-refractivity contribution in [2.45, 2.75) is 38.8 Å². The minimum absolute atomic E-state index is 0.0294. The van der Waals surface area contributed by atoms with Crippen molar-refractivity contribution in [3.05, 3.63) is 53.1 Å². The summed E-state index contributed by atoms with van der Waals surface area (Å²) in [6.45, 7) is 2.55. The first-order chi connectivity index (χ1) is 16.6. The number of anilines is 2. The van der Waals surface area contributed by atoms with Gasteiger partial charge in [-0.15, -0.1) is 0 Å². The van der Waals surface area contributed by atoms with E-state index in [2.05, 4.69) is 10.3 Å². The Labute approximate surface area is 204 Å². The minimum atomic E-state index is -4.87. The first-order valence-corrected chi connectivity index (χ1v) is 11.2. The lowest BCUT2D eigenvalue weighted by atomic mass is 10.1. The van der Waals surface area contributed by atoms with Crippen LogP contribution < -0.4 is 15.1 Å². The molecule has 1 fully saturated rings. The van der Waals surface area contributed by atoms with Crippen molar-refractivity contribution in [1.82, 2.24) is 10.3 Å². The number of hydrogen-bond acceptors (Lipinski definition) is 5. The van der Waals surface area contributed by atoms with Gasteiger partial charge in [0.05, 0.1) is 23.0 Å². The Morgan fingerprint density at radius 2 is 2.03 bits per heavy atom. The molecule has 0 spiro atoms. The lowest BCUT2D eigenvalue weighted by Crippen LogP contribution is -2.44. The number of rotatable bonds is 6. The molecule has 1 aromatic carbocycles. The van der Waals surface area contributed by atoms with Crippen molar-refractivity contribution >= 4 is 40.5 Å². The summed E-state index contributed by atoms with van der Waals surface area (Å²) in [7, 11) is 0. The highest BCUT2D eigenvalue weighted by Crippen LogP contribution is 2.34. The number of carbonyl (C=O) groups excluding carboxylic acids is 2. The molecule has 1 N–H and O–H groups in total. The van der Waals surface area contributed by atoms with E-state index in [0.29, 0.717) is 19.0 Å². The van der Waals surface area contributed by atoms with Crippen LogP contribution in [0.2, 0.25) is 0 Å². The summed E-state index contributed by atoms with van der Waals surface area (Å²) in [6, 6.07) is 5.86. The van der Waals surface area contributed by atoms with Crippen LogP contribution in [0, 0.1) is 17.1 Å². The Morgan fingerprint density at radius 3 is 2.66 bits per heavy atom. The zero-order valence-electron chi connectivity index (χ0n) is 18.7. The zero-order valence-corrected chi connectivity index (χ0v) is 19.5. The second-order valence-corrected chi connectivity index (χ2v) is 8.10. The number of unbranched alkanes of at least 4 members (excludes halogenated alkanes) is 1. The van der Waals surface area contributed by atoms with Gasteiger partial charge in [-0.1, -0.05) is 13.3 Å². The van der Waals surface area contributed by atoms with E-state index in [9.17, 15) is 27.2 Å². The van der Waals surface area contributed by atoms with Gasteiger partial charge >= 0.3 is 6.18 Å². The first-order valence-electron chi connectivity index (χ1n) is 10.8. The smallest absolute Gasteiger partial charge is 0.352 e. The van der Waals surface area contributed by atoms with Crippen molar-refractivity contribution in [3.63, 3.8) is 0 Å². The molecule has 0 radical (unpaired) electrons. The maximum Gasteiger partial charge on any atom is 0.419 e. The first kappa shape index (κ1) is 26.0. The van der Waals surface area contributed by atoms with Crippen molar-refractivity contribution in [1.29, 1.82) is 5.26 Å². The third kappa shape index (κ3) is 5.74. The highest BCUT2D eigenvalue weighted by molar-refractivity contribution is 7.81. The molecule has 184 valence electrons. The number of halogens is 4. The molecule has 0 bridgehead atoms. The molecule has 3 rings (SSSR count). The second kappa shape index (κ2) is 10.8. The van der Waals surface area contributed by atoms with E-state index in [1.165, 1.54) is 23.1 Å². The fraction of sp³-hybridized carbons (Fsp3) is 0.348.